The highest BCUT2D eigenvalue weighted by molar-refractivity contribution is 7.90. The van der Waals surface area contributed by atoms with Crippen molar-refractivity contribution in [3.05, 3.63) is 0 Å². The van der Waals surface area contributed by atoms with E-state index < -0.39 is 34.3 Å². The standard InChI is InChI=1S/C5H9F3O3S/c1-12(10,11)3-2-4(9)5(6,7)8/h4,9H,2-3H2,1H3. The predicted molar refractivity (Wildman–Crippen MR) is 36.4 cm³/mol. The second-order valence-electron chi connectivity index (χ2n) is 2.48. The van der Waals surface area contributed by atoms with E-state index in [2.05, 4.69) is 0 Å². The highest BCUT2D eigenvalue weighted by atomic mass is 32.2. The van der Waals surface area contributed by atoms with Crippen LogP contribution in [0.4, 0.5) is 13.2 Å². The van der Waals surface area contributed by atoms with E-state index in [0.29, 0.717) is 0 Å². The fraction of sp³-hybridized carbons (Fsp3) is 1.00. The molecule has 0 spiro atoms. The van der Waals surface area contributed by atoms with Crippen molar-refractivity contribution < 1.29 is 26.7 Å². The van der Waals surface area contributed by atoms with E-state index in [0.717, 1.165) is 6.26 Å². The number of aliphatic hydroxyl groups excluding tert-OH is 1. The Bertz CT molecular complexity index is 231. The van der Waals surface area contributed by atoms with E-state index in [-0.39, 0.29) is 0 Å². The number of aliphatic hydroxyl groups is 1. The molecule has 0 saturated carbocycles. The van der Waals surface area contributed by atoms with Crippen molar-refractivity contribution in [2.75, 3.05) is 12.0 Å². The molecule has 12 heavy (non-hydrogen) atoms. The topological polar surface area (TPSA) is 54.4 Å². The molecule has 0 aromatic heterocycles. The zero-order valence-corrected chi connectivity index (χ0v) is 7.11. The van der Waals surface area contributed by atoms with Crippen LogP contribution in [0.1, 0.15) is 6.42 Å². The Hall–Kier alpha value is -0.300. The Balaban J connectivity index is 3.97. The molecule has 0 aromatic carbocycles. The Morgan fingerprint density at radius 1 is 1.42 bits per heavy atom. The lowest BCUT2D eigenvalue weighted by molar-refractivity contribution is -0.203. The molecule has 0 bridgehead atoms. The Kier molecular flexibility index (Phi) is 3.52. The van der Waals surface area contributed by atoms with Crippen molar-refractivity contribution in [3.8, 4) is 0 Å². The number of sulfone groups is 1. The molecule has 0 rings (SSSR count). The SMILES string of the molecule is CS(=O)(=O)CCC(O)C(F)(F)F. The van der Waals surface area contributed by atoms with E-state index in [4.69, 9.17) is 5.11 Å². The predicted octanol–water partition coefficient (Wildman–Crippen LogP) is 0.344. The molecule has 1 N–H and O–H groups in total. The third kappa shape index (κ3) is 5.36. The van der Waals surface area contributed by atoms with Gasteiger partial charge in [-0.3, -0.25) is 0 Å². The molecule has 0 aromatic rings. The molecule has 0 aliphatic rings. The largest absolute Gasteiger partial charge is 0.414 e. The number of alkyl halides is 3. The zero-order chi connectivity index (χ0) is 9.99. The summed E-state index contributed by atoms with van der Waals surface area (Å²) in [6, 6.07) is 0. The monoisotopic (exact) mass is 206 g/mol. The molecule has 0 fully saturated rings. The van der Waals surface area contributed by atoms with Gasteiger partial charge in [0.25, 0.3) is 0 Å². The van der Waals surface area contributed by atoms with Crippen LogP contribution >= 0.6 is 0 Å². The first-order chi connectivity index (χ1) is 5.13. The van der Waals surface area contributed by atoms with Crippen molar-refractivity contribution in [2.45, 2.75) is 18.7 Å². The van der Waals surface area contributed by atoms with Crippen LogP contribution in [0.25, 0.3) is 0 Å². The van der Waals surface area contributed by atoms with Gasteiger partial charge in [-0.2, -0.15) is 13.2 Å². The van der Waals surface area contributed by atoms with E-state index in [9.17, 15) is 21.6 Å². The minimum atomic E-state index is -4.73. The van der Waals surface area contributed by atoms with Crippen molar-refractivity contribution >= 4 is 9.84 Å². The normalized spacial score (nSPS) is 16.1. The maximum absolute atomic E-state index is 11.6. The summed E-state index contributed by atoms with van der Waals surface area (Å²) in [6.45, 7) is 0. The second-order valence-corrected chi connectivity index (χ2v) is 4.74. The summed E-state index contributed by atoms with van der Waals surface area (Å²) in [4.78, 5) is 0. The van der Waals surface area contributed by atoms with Crippen molar-refractivity contribution in [1.82, 2.24) is 0 Å². The van der Waals surface area contributed by atoms with Crippen LogP contribution in [0.15, 0.2) is 0 Å². The summed E-state index contributed by atoms with van der Waals surface area (Å²) in [5.74, 6) is -0.659. The van der Waals surface area contributed by atoms with Gasteiger partial charge >= 0.3 is 6.18 Å². The minimum absolute atomic E-state index is 0.659. The summed E-state index contributed by atoms with van der Waals surface area (Å²) < 4.78 is 55.5. The lowest BCUT2D eigenvalue weighted by atomic mass is 10.3. The third-order valence-corrected chi connectivity index (χ3v) is 2.12. The highest BCUT2D eigenvalue weighted by Gasteiger charge is 2.38. The molecule has 1 atom stereocenters. The van der Waals surface area contributed by atoms with Crippen molar-refractivity contribution in [3.63, 3.8) is 0 Å². The van der Waals surface area contributed by atoms with E-state index >= 15 is 0 Å². The summed E-state index contributed by atoms with van der Waals surface area (Å²) >= 11 is 0. The van der Waals surface area contributed by atoms with Gasteiger partial charge in [-0.05, 0) is 6.42 Å². The maximum atomic E-state index is 11.6. The van der Waals surface area contributed by atoms with Gasteiger partial charge in [0.05, 0.1) is 5.75 Å². The maximum Gasteiger partial charge on any atom is 0.414 e. The van der Waals surface area contributed by atoms with Crippen molar-refractivity contribution in [2.24, 2.45) is 0 Å². The molecule has 0 aliphatic carbocycles. The summed E-state index contributed by atoms with van der Waals surface area (Å²) in [5, 5.41) is 8.36. The smallest absolute Gasteiger partial charge is 0.384 e. The van der Waals surface area contributed by atoms with Crippen LogP contribution in [-0.4, -0.2) is 37.8 Å². The van der Waals surface area contributed by atoms with E-state index in [1.165, 1.54) is 0 Å². The van der Waals surface area contributed by atoms with Gasteiger partial charge in [0.1, 0.15) is 9.84 Å². The summed E-state index contributed by atoms with van der Waals surface area (Å²) in [7, 11) is -3.44. The lowest BCUT2D eigenvalue weighted by Gasteiger charge is -2.12. The van der Waals surface area contributed by atoms with Crippen LogP contribution in [-0.2, 0) is 9.84 Å². The van der Waals surface area contributed by atoms with Gasteiger partial charge in [0.15, 0.2) is 6.10 Å². The van der Waals surface area contributed by atoms with Crippen LogP contribution in [0, 0.1) is 0 Å². The lowest BCUT2D eigenvalue weighted by Crippen LogP contribution is -2.30. The first-order valence-corrected chi connectivity index (χ1v) is 5.11. The number of halogens is 3. The quantitative estimate of drug-likeness (QED) is 0.724. The average Bonchev–Trinajstić information content (AvgIpc) is 1.78. The van der Waals surface area contributed by atoms with Crippen LogP contribution < -0.4 is 0 Å². The fourth-order valence-corrected chi connectivity index (χ4v) is 1.14. The highest BCUT2D eigenvalue weighted by Crippen LogP contribution is 2.22. The molecule has 74 valence electrons. The van der Waals surface area contributed by atoms with Crippen LogP contribution in [0.2, 0.25) is 0 Å². The van der Waals surface area contributed by atoms with Crippen LogP contribution in [0.5, 0.6) is 0 Å². The van der Waals surface area contributed by atoms with Gasteiger partial charge in [-0.1, -0.05) is 0 Å². The fourth-order valence-electron chi connectivity index (χ4n) is 0.489. The Morgan fingerprint density at radius 3 is 2.08 bits per heavy atom. The zero-order valence-electron chi connectivity index (χ0n) is 6.30. The molecule has 3 nitrogen and oxygen atoms in total. The van der Waals surface area contributed by atoms with Gasteiger partial charge in [0, 0.05) is 6.26 Å². The summed E-state index contributed by atoms with van der Waals surface area (Å²) in [5.41, 5.74) is 0. The van der Waals surface area contributed by atoms with Crippen molar-refractivity contribution in [1.29, 1.82) is 0 Å². The minimum Gasteiger partial charge on any atom is -0.384 e. The average molecular weight is 206 g/mol. The molecule has 7 heteroatoms. The van der Waals surface area contributed by atoms with E-state index in [1.807, 2.05) is 0 Å². The van der Waals surface area contributed by atoms with E-state index in [1.54, 1.807) is 0 Å². The molecule has 0 saturated heterocycles. The molecule has 1 unspecified atom stereocenters. The first kappa shape index (κ1) is 11.7. The molecule has 0 heterocycles. The van der Waals surface area contributed by atoms with Gasteiger partial charge in [-0.15, -0.1) is 0 Å². The third-order valence-electron chi connectivity index (χ3n) is 1.14. The van der Waals surface area contributed by atoms with Gasteiger partial charge < -0.3 is 5.11 Å². The Labute approximate surface area is 68.1 Å². The molecule has 0 radical (unpaired) electrons. The second kappa shape index (κ2) is 3.61. The number of hydrogen-bond donors (Lipinski definition) is 1. The number of rotatable bonds is 3. The summed E-state index contributed by atoms with van der Waals surface area (Å²) in [6.07, 6.45) is -7.27. The molecule has 0 aliphatic heterocycles. The molecular weight excluding hydrogens is 197 g/mol. The first-order valence-electron chi connectivity index (χ1n) is 3.05. The van der Waals surface area contributed by atoms with Crippen LogP contribution in [0.3, 0.4) is 0 Å². The molecular formula is C5H9F3O3S. The van der Waals surface area contributed by atoms with Gasteiger partial charge in [-0.25, -0.2) is 8.42 Å². The van der Waals surface area contributed by atoms with Gasteiger partial charge in [0.2, 0.25) is 0 Å². The molecule has 0 amide bonds. The number of hydrogen-bond acceptors (Lipinski definition) is 3. The Morgan fingerprint density at radius 2 is 1.83 bits per heavy atom.